The van der Waals surface area contributed by atoms with Crippen LogP contribution in [0.15, 0.2) is 29.2 Å². The molecule has 1 aliphatic heterocycles. The molecule has 27 heavy (non-hydrogen) atoms. The number of rotatable bonds is 8. The fourth-order valence-electron chi connectivity index (χ4n) is 3.52. The van der Waals surface area contributed by atoms with E-state index in [0.29, 0.717) is 26.2 Å². The topological polar surface area (TPSA) is 80.2 Å². The SMILES string of the molecule is CCN(CC)S(=O)(=O)c1ccc(CNC(=O)C[NH+]2C[C@@H](C)O[C@@H](C)C2)cc1. The van der Waals surface area contributed by atoms with E-state index in [9.17, 15) is 13.2 Å². The van der Waals surface area contributed by atoms with Gasteiger partial charge in [-0.2, -0.15) is 4.31 Å². The minimum Gasteiger partial charge on any atom is -0.364 e. The molecule has 0 bridgehead atoms. The van der Waals surface area contributed by atoms with Crippen LogP contribution in [0.25, 0.3) is 0 Å². The summed E-state index contributed by atoms with van der Waals surface area (Å²) >= 11 is 0. The van der Waals surface area contributed by atoms with E-state index in [-0.39, 0.29) is 23.0 Å². The molecular formula is C19H32N3O4S+. The van der Waals surface area contributed by atoms with Crippen molar-refractivity contribution in [1.29, 1.82) is 0 Å². The average molecular weight is 399 g/mol. The molecule has 0 spiro atoms. The molecule has 1 heterocycles. The molecule has 0 aromatic heterocycles. The molecule has 0 aliphatic carbocycles. The third-order valence-electron chi connectivity index (χ3n) is 4.78. The molecule has 1 saturated heterocycles. The Kier molecular flexibility index (Phi) is 7.79. The van der Waals surface area contributed by atoms with Crippen LogP contribution in [0.1, 0.15) is 33.3 Å². The van der Waals surface area contributed by atoms with Gasteiger partial charge in [-0.1, -0.05) is 26.0 Å². The lowest BCUT2D eigenvalue weighted by Gasteiger charge is -2.31. The standard InChI is InChI=1S/C19H31N3O4S/c1-5-22(6-2)27(24,25)18-9-7-17(8-10-18)11-20-19(23)14-21-12-15(3)26-16(4)13-21/h7-10,15-16H,5-6,11-14H2,1-4H3,(H,20,23)/p+1/t15-,16+. The van der Waals surface area contributed by atoms with E-state index in [4.69, 9.17) is 4.74 Å². The number of carbonyl (C=O) groups excluding carboxylic acids is 1. The molecule has 1 unspecified atom stereocenters. The highest BCUT2D eigenvalue weighted by molar-refractivity contribution is 7.89. The van der Waals surface area contributed by atoms with Gasteiger partial charge in [0.05, 0.1) is 4.90 Å². The van der Waals surface area contributed by atoms with Crippen LogP contribution in [0.2, 0.25) is 0 Å². The summed E-state index contributed by atoms with van der Waals surface area (Å²) in [4.78, 5) is 13.7. The van der Waals surface area contributed by atoms with Gasteiger partial charge in [0.25, 0.3) is 5.91 Å². The Hall–Kier alpha value is -1.48. The lowest BCUT2D eigenvalue weighted by atomic mass is 10.2. The lowest BCUT2D eigenvalue weighted by molar-refractivity contribution is -0.907. The number of sulfonamides is 1. The van der Waals surface area contributed by atoms with Crippen LogP contribution in [0.3, 0.4) is 0 Å². The number of morpholine rings is 1. The van der Waals surface area contributed by atoms with Crippen molar-refractivity contribution in [1.82, 2.24) is 9.62 Å². The molecule has 8 heteroatoms. The first-order valence-electron chi connectivity index (χ1n) is 9.61. The molecule has 152 valence electrons. The highest BCUT2D eigenvalue weighted by Crippen LogP contribution is 2.16. The fourth-order valence-corrected chi connectivity index (χ4v) is 4.97. The smallest absolute Gasteiger partial charge is 0.275 e. The summed E-state index contributed by atoms with van der Waals surface area (Å²) < 4.78 is 32.1. The number of quaternary nitrogens is 1. The predicted octanol–water partition coefficient (Wildman–Crippen LogP) is 0.0254. The third kappa shape index (κ3) is 6.00. The third-order valence-corrected chi connectivity index (χ3v) is 6.85. The van der Waals surface area contributed by atoms with Crippen molar-refractivity contribution in [2.24, 2.45) is 0 Å². The summed E-state index contributed by atoms with van der Waals surface area (Å²) in [6, 6.07) is 6.71. The van der Waals surface area contributed by atoms with E-state index in [0.717, 1.165) is 18.7 Å². The normalized spacial score (nSPS) is 23.4. The maximum absolute atomic E-state index is 12.5. The molecular weight excluding hydrogens is 366 g/mol. The Labute approximate surface area is 162 Å². The van der Waals surface area contributed by atoms with Crippen LogP contribution < -0.4 is 10.2 Å². The van der Waals surface area contributed by atoms with E-state index in [1.807, 2.05) is 27.7 Å². The Bertz CT molecular complexity index is 707. The van der Waals surface area contributed by atoms with Gasteiger partial charge in [0.15, 0.2) is 6.54 Å². The van der Waals surface area contributed by atoms with Gasteiger partial charge in [0.1, 0.15) is 25.3 Å². The molecule has 1 aliphatic rings. The number of hydrogen-bond acceptors (Lipinski definition) is 4. The summed E-state index contributed by atoms with van der Waals surface area (Å²) in [5.41, 5.74) is 0.876. The first-order valence-corrected chi connectivity index (χ1v) is 11.0. The molecule has 0 radical (unpaired) electrons. The van der Waals surface area contributed by atoms with Crippen molar-refractivity contribution in [2.75, 3.05) is 32.7 Å². The van der Waals surface area contributed by atoms with Crippen LogP contribution in [0.5, 0.6) is 0 Å². The second-order valence-electron chi connectivity index (χ2n) is 7.10. The van der Waals surface area contributed by atoms with Gasteiger partial charge in [0, 0.05) is 19.6 Å². The van der Waals surface area contributed by atoms with Gasteiger partial charge in [-0.25, -0.2) is 8.42 Å². The number of benzene rings is 1. The molecule has 0 saturated carbocycles. The fraction of sp³-hybridized carbons (Fsp3) is 0.632. The number of carbonyl (C=O) groups is 1. The Morgan fingerprint density at radius 3 is 2.22 bits per heavy atom. The first-order chi connectivity index (χ1) is 12.8. The minimum atomic E-state index is -3.45. The molecule has 3 atom stereocenters. The lowest BCUT2D eigenvalue weighted by Crippen LogP contribution is -3.16. The van der Waals surface area contributed by atoms with Crippen LogP contribution in [0, 0.1) is 0 Å². The summed E-state index contributed by atoms with van der Waals surface area (Å²) in [6.45, 7) is 11.1. The van der Waals surface area contributed by atoms with Crippen molar-refractivity contribution in [3.63, 3.8) is 0 Å². The van der Waals surface area contributed by atoms with Gasteiger partial charge in [-0.3, -0.25) is 4.79 Å². The highest BCUT2D eigenvalue weighted by Gasteiger charge is 2.27. The molecule has 1 fully saturated rings. The Morgan fingerprint density at radius 2 is 1.70 bits per heavy atom. The van der Waals surface area contributed by atoms with Gasteiger partial charge >= 0.3 is 0 Å². The van der Waals surface area contributed by atoms with Crippen LogP contribution in [-0.2, 0) is 26.1 Å². The van der Waals surface area contributed by atoms with Crippen LogP contribution >= 0.6 is 0 Å². The quantitative estimate of drug-likeness (QED) is 0.647. The zero-order valence-electron chi connectivity index (χ0n) is 16.7. The second kappa shape index (κ2) is 9.64. The van der Waals surface area contributed by atoms with Crippen molar-refractivity contribution in [2.45, 2.75) is 51.3 Å². The maximum atomic E-state index is 12.5. The summed E-state index contributed by atoms with van der Waals surface area (Å²) in [5.74, 6) is -0.00820. The Morgan fingerprint density at radius 1 is 1.15 bits per heavy atom. The zero-order chi connectivity index (χ0) is 20.0. The van der Waals surface area contributed by atoms with Crippen molar-refractivity contribution in [3.8, 4) is 0 Å². The predicted molar refractivity (Wildman–Crippen MR) is 104 cm³/mol. The zero-order valence-corrected chi connectivity index (χ0v) is 17.5. The molecule has 2 rings (SSSR count). The molecule has 2 N–H and O–H groups in total. The monoisotopic (exact) mass is 398 g/mol. The first kappa shape index (κ1) is 21.8. The van der Waals surface area contributed by atoms with Crippen molar-refractivity contribution >= 4 is 15.9 Å². The van der Waals surface area contributed by atoms with Gasteiger partial charge < -0.3 is 15.0 Å². The van der Waals surface area contributed by atoms with E-state index in [2.05, 4.69) is 5.32 Å². The molecule has 7 nitrogen and oxygen atoms in total. The van der Waals surface area contributed by atoms with Gasteiger partial charge in [-0.15, -0.1) is 0 Å². The van der Waals surface area contributed by atoms with Crippen LogP contribution in [0.4, 0.5) is 0 Å². The average Bonchev–Trinajstić information content (AvgIpc) is 2.60. The van der Waals surface area contributed by atoms with Crippen molar-refractivity contribution < 1.29 is 22.8 Å². The van der Waals surface area contributed by atoms with E-state index >= 15 is 0 Å². The Balaban J connectivity index is 1.88. The summed E-state index contributed by atoms with van der Waals surface area (Å²) in [5, 5.41) is 2.92. The second-order valence-corrected chi connectivity index (χ2v) is 9.04. The number of ether oxygens (including phenoxy) is 1. The molecule has 1 aromatic rings. The summed E-state index contributed by atoms with van der Waals surface area (Å²) in [7, 11) is -3.45. The largest absolute Gasteiger partial charge is 0.364 e. The number of amides is 1. The van der Waals surface area contributed by atoms with E-state index < -0.39 is 10.0 Å². The van der Waals surface area contributed by atoms with Gasteiger partial charge in [-0.05, 0) is 31.5 Å². The van der Waals surface area contributed by atoms with Crippen LogP contribution in [-0.4, -0.2) is 63.6 Å². The number of nitrogens with zero attached hydrogens (tertiary/aromatic N) is 1. The van der Waals surface area contributed by atoms with E-state index in [1.165, 1.54) is 9.21 Å². The highest BCUT2D eigenvalue weighted by atomic mass is 32.2. The minimum absolute atomic E-state index is 0.00820. The summed E-state index contributed by atoms with van der Waals surface area (Å²) in [6.07, 6.45) is 0.328. The number of hydrogen-bond donors (Lipinski definition) is 2. The van der Waals surface area contributed by atoms with Crippen molar-refractivity contribution in [3.05, 3.63) is 29.8 Å². The maximum Gasteiger partial charge on any atom is 0.275 e. The number of nitrogens with one attached hydrogen (secondary N) is 2. The molecule has 1 aromatic carbocycles. The van der Waals surface area contributed by atoms with Gasteiger partial charge in [0.2, 0.25) is 10.0 Å². The molecule has 1 amide bonds. The van der Waals surface area contributed by atoms with E-state index in [1.54, 1.807) is 24.3 Å².